The second kappa shape index (κ2) is 3.94. The summed E-state index contributed by atoms with van der Waals surface area (Å²) in [5.41, 5.74) is 5.42. The average Bonchev–Trinajstić information content (AvgIpc) is 1.87. The highest BCUT2D eigenvalue weighted by Crippen LogP contribution is 2.18. The minimum absolute atomic E-state index is 0.117. The van der Waals surface area contributed by atoms with Crippen molar-refractivity contribution in [1.29, 1.82) is 0 Å². The molecule has 0 aliphatic rings. The Balaban J connectivity index is 3.80. The van der Waals surface area contributed by atoms with Crippen molar-refractivity contribution in [3.8, 4) is 0 Å². The first-order chi connectivity index (χ1) is 4.54. The molecule has 0 aliphatic carbocycles. The summed E-state index contributed by atoms with van der Waals surface area (Å²) in [6.45, 7) is 6.99. The molecule has 1 atom stereocenters. The summed E-state index contributed by atoms with van der Waals surface area (Å²) in [5.74, 6) is 0.647. The Labute approximate surface area is 63.7 Å². The van der Waals surface area contributed by atoms with Crippen LogP contribution < -0.4 is 5.73 Å². The smallest absolute Gasteiger partial charge is 0.0774 e. The van der Waals surface area contributed by atoms with Crippen LogP contribution in [0.3, 0.4) is 0 Å². The molecule has 0 aromatic carbocycles. The van der Waals surface area contributed by atoms with Crippen LogP contribution in [0.1, 0.15) is 27.2 Å². The SMILES string of the molecule is COC(C)(CN)CC(C)C. The second-order valence-electron chi connectivity index (χ2n) is 3.46. The molecule has 0 heterocycles. The van der Waals surface area contributed by atoms with E-state index < -0.39 is 0 Å². The van der Waals surface area contributed by atoms with Gasteiger partial charge in [-0.1, -0.05) is 13.8 Å². The Morgan fingerprint density at radius 3 is 2.10 bits per heavy atom. The molecule has 2 N–H and O–H groups in total. The fourth-order valence-electron chi connectivity index (χ4n) is 1.11. The minimum Gasteiger partial charge on any atom is -0.377 e. The maximum absolute atomic E-state index is 5.54. The maximum atomic E-state index is 5.54. The summed E-state index contributed by atoms with van der Waals surface area (Å²) < 4.78 is 5.27. The molecule has 0 bridgehead atoms. The maximum Gasteiger partial charge on any atom is 0.0774 e. The van der Waals surface area contributed by atoms with Crippen LogP contribution in [0.15, 0.2) is 0 Å². The van der Waals surface area contributed by atoms with Gasteiger partial charge in [-0.3, -0.25) is 0 Å². The predicted molar refractivity (Wildman–Crippen MR) is 43.9 cm³/mol. The minimum atomic E-state index is -0.117. The highest BCUT2D eigenvalue weighted by atomic mass is 16.5. The van der Waals surface area contributed by atoms with Crippen molar-refractivity contribution in [3.63, 3.8) is 0 Å². The summed E-state index contributed by atoms with van der Waals surface area (Å²) in [7, 11) is 1.72. The van der Waals surface area contributed by atoms with Crippen molar-refractivity contribution in [3.05, 3.63) is 0 Å². The van der Waals surface area contributed by atoms with Crippen LogP contribution in [0.4, 0.5) is 0 Å². The van der Waals surface area contributed by atoms with Gasteiger partial charge in [0.1, 0.15) is 0 Å². The summed E-state index contributed by atoms with van der Waals surface area (Å²) in [6, 6.07) is 0. The zero-order chi connectivity index (χ0) is 8.20. The van der Waals surface area contributed by atoms with Crippen molar-refractivity contribution < 1.29 is 4.74 Å². The summed E-state index contributed by atoms with van der Waals surface area (Å²) in [5, 5.41) is 0. The lowest BCUT2D eigenvalue weighted by molar-refractivity contribution is -0.00279. The van der Waals surface area contributed by atoms with Crippen molar-refractivity contribution >= 4 is 0 Å². The molecule has 2 nitrogen and oxygen atoms in total. The Morgan fingerprint density at radius 1 is 1.50 bits per heavy atom. The molecule has 0 aliphatic heterocycles. The van der Waals surface area contributed by atoms with E-state index in [1.807, 2.05) is 6.92 Å². The standard InChI is InChI=1S/C8H19NO/c1-7(2)5-8(3,6-9)10-4/h7H,5-6,9H2,1-4H3. The molecule has 0 rings (SSSR count). The first kappa shape index (κ1) is 9.92. The van der Waals surface area contributed by atoms with Gasteiger partial charge >= 0.3 is 0 Å². The van der Waals surface area contributed by atoms with Gasteiger partial charge in [0, 0.05) is 13.7 Å². The highest BCUT2D eigenvalue weighted by Gasteiger charge is 2.22. The van der Waals surface area contributed by atoms with E-state index in [1.54, 1.807) is 7.11 Å². The van der Waals surface area contributed by atoms with Crippen LogP contribution in [0, 0.1) is 5.92 Å². The molecule has 0 saturated carbocycles. The molecule has 0 saturated heterocycles. The van der Waals surface area contributed by atoms with Crippen molar-refractivity contribution in [2.45, 2.75) is 32.8 Å². The zero-order valence-corrected chi connectivity index (χ0v) is 7.48. The average molecular weight is 145 g/mol. The van der Waals surface area contributed by atoms with Gasteiger partial charge in [-0.05, 0) is 19.3 Å². The van der Waals surface area contributed by atoms with E-state index in [-0.39, 0.29) is 5.60 Å². The molecule has 10 heavy (non-hydrogen) atoms. The summed E-state index contributed by atoms with van der Waals surface area (Å²) in [6.07, 6.45) is 1.03. The van der Waals surface area contributed by atoms with Crippen LogP contribution in [0.2, 0.25) is 0 Å². The molecule has 0 aromatic rings. The predicted octanol–water partition coefficient (Wildman–Crippen LogP) is 1.40. The molecule has 1 unspecified atom stereocenters. The number of hydrogen-bond donors (Lipinski definition) is 1. The van der Waals surface area contributed by atoms with Gasteiger partial charge in [-0.25, -0.2) is 0 Å². The Morgan fingerprint density at radius 2 is 2.00 bits per heavy atom. The lowest BCUT2D eigenvalue weighted by Crippen LogP contribution is -2.37. The van der Waals surface area contributed by atoms with Crippen molar-refractivity contribution in [1.82, 2.24) is 0 Å². The lowest BCUT2D eigenvalue weighted by Gasteiger charge is -2.27. The number of methoxy groups -OCH3 is 1. The Kier molecular flexibility index (Phi) is 3.91. The molecular formula is C8H19NO. The molecule has 0 spiro atoms. The van der Waals surface area contributed by atoms with Gasteiger partial charge in [-0.15, -0.1) is 0 Å². The van der Waals surface area contributed by atoms with E-state index in [9.17, 15) is 0 Å². The first-order valence-electron chi connectivity index (χ1n) is 3.79. The number of hydrogen-bond acceptors (Lipinski definition) is 2. The molecule has 0 fully saturated rings. The number of rotatable bonds is 4. The fourth-order valence-corrected chi connectivity index (χ4v) is 1.11. The van der Waals surface area contributed by atoms with Crippen LogP contribution >= 0.6 is 0 Å². The van der Waals surface area contributed by atoms with Gasteiger partial charge in [0.15, 0.2) is 0 Å². The van der Waals surface area contributed by atoms with Crippen LogP contribution in [0.5, 0.6) is 0 Å². The van der Waals surface area contributed by atoms with Crippen molar-refractivity contribution in [2.24, 2.45) is 11.7 Å². The largest absolute Gasteiger partial charge is 0.377 e. The van der Waals surface area contributed by atoms with Gasteiger partial charge in [0.25, 0.3) is 0 Å². The Bertz CT molecular complexity index is 87.3. The zero-order valence-electron chi connectivity index (χ0n) is 7.48. The lowest BCUT2D eigenvalue weighted by atomic mass is 9.94. The molecular weight excluding hydrogens is 126 g/mol. The van der Waals surface area contributed by atoms with Gasteiger partial charge < -0.3 is 10.5 Å². The van der Waals surface area contributed by atoms with E-state index in [0.29, 0.717) is 12.5 Å². The van der Waals surface area contributed by atoms with Crippen molar-refractivity contribution in [2.75, 3.05) is 13.7 Å². The third-order valence-corrected chi connectivity index (χ3v) is 1.76. The first-order valence-corrected chi connectivity index (χ1v) is 3.79. The van der Waals surface area contributed by atoms with Crippen LogP contribution in [-0.2, 0) is 4.74 Å². The van der Waals surface area contributed by atoms with Gasteiger partial charge in [0.2, 0.25) is 0 Å². The third-order valence-electron chi connectivity index (χ3n) is 1.76. The fraction of sp³-hybridized carbons (Fsp3) is 1.00. The summed E-state index contributed by atoms with van der Waals surface area (Å²) >= 11 is 0. The highest BCUT2D eigenvalue weighted by molar-refractivity contribution is 4.76. The Hall–Kier alpha value is -0.0800. The quantitative estimate of drug-likeness (QED) is 0.649. The molecule has 62 valence electrons. The van der Waals surface area contributed by atoms with Crippen LogP contribution in [0.25, 0.3) is 0 Å². The van der Waals surface area contributed by atoms with Gasteiger partial charge in [-0.2, -0.15) is 0 Å². The van der Waals surface area contributed by atoms with E-state index in [2.05, 4.69) is 13.8 Å². The van der Waals surface area contributed by atoms with E-state index in [0.717, 1.165) is 6.42 Å². The van der Waals surface area contributed by atoms with E-state index in [1.165, 1.54) is 0 Å². The third kappa shape index (κ3) is 3.18. The van der Waals surface area contributed by atoms with Gasteiger partial charge in [0.05, 0.1) is 5.60 Å². The normalized spacial score (nSPS) is 17.4. The molecule has 0 radical (unpaired) electrons. The second-order valence-corrected chi connectivity index (χ2v) is 3.46. The topological polar surface area (TPSA) is 35.2 Å². The molecule has 2 heteroatoms. The molecule has 0 aromatic heterocycles. The number of ether oxygens (including phenoxy) is 1. The number of nitrogens with two attached hydrogens (primary N) is 1. The van der Waals surface area contributed by atoms with E-state index in [4.69, 9.17) is 10.5 Å². The molecule has 0 amide bonds. The van der Waals surface area contributed by atoms with E-state index >= 15 is 0 Å². The summed E-state index contributed by atoms with van der Waals surface area (Å²) in [4.78, 5) is 0. The van der Waals surface area contributed by atoms with Crippen LogP contribution in [-0.4, -0.2) is 19.3 Å². The monoisotopic (exact) mass is 145 g/mol.